The number of imidazole rings is 1. The van der Waals surface area contributed by atoms with Gasteiger partial charge in [0.05, 0.1) is 6.54 Å². The van der Waals surface area contributed by atoms with E-state index >= 15 is 0 Å². The quantitative estimate of drug-likeness (QED) is 0.344. The van der Waals surface area contributed by atoms with Crippen LogP contribution in [-0.4, -0.2) is 10.5 Å². The van der Waals surface area contributed by atoms with E-state index in [1.165, 1.54) is 62.8 Å². The van der Waals surface area contributed by atoms with Crippen LogP contribution in [-0.2, 0) is 24.3 Å². The molecule has 4 nitrogen and oxygen atoms in total. The Balaban J connectivity index is 1.84. The molecule has 2 rings (SSSR count). The number of aliphatic carboxylic acids is 1. The second kappa shape index (κ2) is 13.1. The largest absolute Gasteiger partial charge is 0.550 e. The van der Waals surface area contributed by atoms with E-state index < -0.39 is 5.97 Å². The Bertz CT molecular complexity index is 679. The lowest BCUT2D eigenvalue weighted by Crippen LogP contribution is -2.38. The lowest BCUT2D eigenvalue weighted by molar-refractivity contribution is -0.695. The number of carbonyl (C=O) groups excluding carboxylic acids is 1. The maximum absolute atomic E-state index is 10.9. The van der Waals surface area contributed by atoms with Crippen LogP contribution in [0.1, 0.15) is 82.5 Å². The van der Waals surface area contributed by atoms with Crippen molar-refractivity contribution in [2.24, 2.45) is 0 Å². The predicted molar refractivity (Wildman–Crippen MR) is 111 cm³/mol. The molecule has 0 fully saturated rings. The van der Waals surface area contributed by atoms with Gasteiger partial charge < -0.3 is 9.90 Å². The van der Waals surface area contributed by atoms with Gasteiger partial charge in [0.2, 0.25) is 0 Å². The molecule has 0 radical (unpaired) electrons. The highest BCUT2D eigenvalue weighted by Gasteiger charge is 2.17. The first kappa shape index (κ1) is 22.2. The molecule has 1 heterocycles. The molecule has 0 saturated heterocycles. The number of carboxylic acids is 1. The molecule has 28 heavy (non-hydrogen) atoms. The minimum absolute atomic E-state index is 0.0603. The number of nitrogens with zero attached hydrogens (tertiary/aromatic N) is 2. The number of benzene rings is 1. The first-order valence-corrected chi connectivity index (χ1v) is 11.0. The fraction of sp³-hybridized carbons (Fsp3) is 0.583. The third-order valence-corrected chi connectivity index (χ3v) is 5.35. The van der Waals surface area contributed by atoms with Crippen molar-refractivity contribution in [1.29, 1.82) is 0 Å². The molecule has 0 bridgehead atoms. The van der Waals surface area contributed by atoms with Crippen LogP contribution in [0.15, 0.2) is 42.7 Å². The second-order valence-corrected chi connectivity index (χ2v) is 7.72. The van der Waals surface area contributed by atoms with Gasteiger partial charge in [-0.1, -0.05) is 88.6 Å². The monoisotopic (exact) mass is 384 g/mol. The third kappa shape index (κ3) is 8.28. The summed E-state index contributed by atoms with van der Waals surface area (Å²) in [5, 5.41) is 10.9. The van der Waals surface area contributed by atoms with E-state index in [0.29, 0.717) is 6.54 Å². The van der Waals surface area contributed by atoms with Gasteiger partial charge in [0.25, 0.3) is 5.82 Å². The number of carbonyl (C=O) groups is 1. The van der Waals surface area contributed by atoms with Gasteiger partial charge in [-0.15, -0.1) is 0 Å². The Morgan fingerprint density at radius 3 is 2.25 bits per heavy atom. The molecule has 1 aromatic heterocycles. The first-order valence-electron chi connectivity index (χ1n) is 11.0. The average molecular weight is 385 g/mol. The second-order valence-electron chi connectivity index (χ2n) is 7.72. The van der Waals surface area contributed by atoms with E-state index in [9.17, 15) is 9.90 Å². The van der Waals surface area contributed by atoms with Crippen molar-refractivity contribution in [2.75, 3.05) is 0 Å². The summed E-state index contributed by atoms with van der Waals surface area (Å²) in [6.07, 6.45) is 16.9. The van der Waals surface area contributed by atoms with Gasteiger partial charge in [0.1, 0.15) is 18.9 Å². The molecule has 0 aliphatic heterocycles. The van der Waals surface area contributed by atoms with Crippen molar-refractivity contribution in [3.05, 3.63) is 54.1 Å². The summed E-state index contributed by atoms with van der Waals surface area (Å²) in [5.41, 5.74) is 1.26. The third-order valence-electron chi connectivity index (χ3n) is 5.35. The van der Waals surface area contributed by atoms with E-state index in [1.807, 2.05) is 12.3 Å². The lowest BCUT2D eigenvalue weighted by atomic mass is 10.1. The Hall–Kier alpha value is -2.10. The van der Waals surface area contributed by atoms with Gasteiger partial charge in [-0.2, -0.15) is 0 Å². The molecule has 0 aliphatic carbocycles. The SMILES string of the molecule is CCCCCCCCCCCc1n(CCC(=O)[O-])cc[n+]1Cc1ccccc1. The summed E-state index contributed by atoms with van der Waals surface area (Å²) >= 11 is 0. The van der Waals surface area contributed by atoms with E-state index in [-0.39, 0.29) is 6.42 Å². The van der Waals surface area contributed by atoms with Crippen molar-refractivity contribution in [3.63, 3.8) is 0 Å². The highest BCUT2D eigenvalue weighted by atomic mass is 16.4. The average Bonchev–Trinajstić information content (AvgIpc) is 3.07. The predicted octanol–water partition coefficient (Wildman–Crippen LogP) is 4.04. The van der Waals surface area contributed by atoms with Crippen molar-refractivity contribution < 1.29 is 14.5 Å². The van der Waals surface area contributed by atoms with Crippen molar-refractivity contribution in [3.8, 4) is 0 Å². The number of aromatic nitrogens is 2. The molecule has 0 spiro atoms. The fourth-order valence-electron chi connectivity index (χ4n) is 3.72. The lowest BCUT2D eigenvalue weighted by Gasteiger charge is -2.07. The van der Waals surface area contributed by atoms with Gasteiger partial charge in [-0.3, -0.25) is 0 Å². The van der Waals surface area contributed by atoms with Gasteiger partial charge in [0.15, 0.2) is 0 Å². The molecular weight excluding hydrogens is 348 g/mol. The van der Waals surface area contributed by atoms with E-state index in [4.69, 9.17) is 0 Å². The maximum Gasteiger partial charge on any atom is 0.256 e. The Labute approximate surface area is 170 Å². The maximum atomic E-state index is 10.9. The first-order chi connectivity index (χ1) is 13.7. The van der Waals surface area contributed by atoms with Crippen LogP contribution in [0, 0.1) is 0 Å². The number of hydrogen-bond acceptors (Lipinski definition) is 2. The van der Waals surface area contributed by atoms with Crippen molar-refractivity contribution >= 4 is 5.97 Å². The van der Waals surface area contributed by atoms with E-state index in [0.717, 1.165) is 19.4 Å². The van der Waals surface area contributed by atoms with Gasteiger partial charge in [0, 0.05) is 18.8 Å². The Kier molecular flexibility index (Phi) is 10.4. The molecular formula is C24H36N2O2. The van der Waals surface area contributed by atoms with E-state index in [1.54, 1.807) is 0 Å². The summed E-state index contributed by atoms with van der Waals surface area (Å²) < 4.78 is 4.35. The number of carboxylic acid groups (broad SMARTS) is 1. The smallest absolute Gasteiger partial charge is 0.256 e. The summed E-state index contributed by atoms with van der Waals surface area (Å²) in [4.78, 5) is 10.9. The molecule has 0 N–H and O–H groups in total. The molecule has 0 aliphatic rings. The molecule has 0 amide bonds. The minimum atomic E-state index is -0.989. The highest BCUT2D eigenvalue weighted by molar-refractivity contribution is 5.64. The van der Waals surface area contributed by atoms with Crippen LogP contribution in [0.5, 0.6) is 0 Å². The molecule has 4 heteroatoms. The van der Waals surface area contributed by atoms with E-state index in [2.05, 4.69) is 46.5 Å². The van der Waals surface area contributed by atoms with Crippen LogP contribution in [0.3, 0.4) is 0 Å². The summed E-state index contributed by atoms with van der Waals surface area (Å²) in [6.45, 7) is 3.57. The summed E-state index contributed by atoms with van der Waals surface area (Å²) in [6, 6.07) is 10.4. The number of hydrogen-bond donors (Lipinski definition) is 0. The number of rotatable bonds is 15. The van der Waals surface area contributed by atoms with Crippen LogP contribution in [0.4, 0.5) is 0 Å². The highest BCUT2D eigenvalue weighted by Crippen LogP contribution is 2.12. The fourth-order valence-corrected chi connectivity index (χ4v) is 3.72. The van der Waals surface area contributed by atoms with Crippen LogP contribution in [0.25, 0.3) is 0 Å². The molecule has 1 aromatic carbocycles. The summed E-state index contributed by atoms with van der Waals surface area (Å²) in [5.74, 6) is 0.227. The topological polar surface area (TPSA) is 48.9 Å². The van der Waals surface area contributed by atoms with Gasteiger partial charge >= 0.3 is 0 Å². The zero-order chi connectivity index (χ0) is 20.0. The molecule has 0 unspecified atom stereocenters. The Morgan fingerprint density at radius 2 is 1.61 bits per heavy atom. The molecule has 2 aromatic rings. The zero-order valence-electron chi connectivity index (χ0n) is 17.4. The molecule has 0 atom stereocenters. The van der Waals surface area contributed by atoms with Crippen LogP contribution >= 0.6 is 0 Å². The molecule has 0 saturated carbocycles. The van der Waals surface area contributed by atoms with Crippen molar-refractivity contribution in [2.45, 2.75) is 90.6 Å². The van der Waals surface area contributed by atoms with Crippen LogP contribution in [0.2, 0.25) is 0 Å². The van der Waals surface area contributed by atoms with Crippen LogP contribution < -0.4 is 9.67 Å². The number of aryl methyl sites for hydroxylation is 1. The van der Waals surface area contributed by atoms with Crippen molar-refractivity contribution in [1.82, 2.24) is 4.57 Å². The normalized spacial score (nSPS) is 11.0. The Morgan fingerprint density at radius 1 is 0.964 bits per heavy atom. The standard InChI is InChI=1S/C24H36N2O2/c1-2-3-4-5-6-7-8-9-13-16-23-25(18-17-24(27)28)19-20-26(23)21-22-14-11-10-12-15-22/h10-12,14-15,19-20H,2-9,13,16-18,21H2,1H3. The van der Waals surface area contributed by atoms with Gasteiger partial charge in [-0.25, -0.2) is 9.13 Å². The minimum Gasteiger partial charge on any atom is -0.550 e. The summed E-state index contributed by atoms with van der Waals surface area (Å²) in [7, 11) is 0. The molecule has 154 valence electrons. The number of unbranched alkanes of at least 4 members (excludes halogenated alkanes) is 8. The van der Waals surface area contributed by atoms with Gasteiger partial charge in [-0.05, 0) is 12.0 Å². The zero-order valence-corrected chi connectivity index (χ0v) is 17.4.